The van der Waals surface area contributed by atoms with E-state index in [0.717, 1.165) is 0 Å². The summed E-state index contributed by atoms with van der Waals surface area (Å²) in [5.41, 5.74) is 0.515. The Hall–Kier alpha value is -0.920. The van der Waals surface area contributed by atoms with Gasteiger partial charge in [-0.2, -0.15) is 5.26 Å². The van der Waals surface area contributed by atoms with Crippen molar-refractivity contribution in [3.63, 3.8) is 0 Å². The number of nitriles is 1. The Bertz CT molecular complexity index is 398. The van der Waals surface area contributed by atoms with Crippen molar-refractivity contribution in [2.45, 2.75) is 0 Å². The maximum atomic E-state index is 9.32. The topological polar surface area (TPSA) is 62.5 Å². The van der Waals surface area contributed by atoms with E-state index in [9.17, 15) is 4.89 Å². The lowest BCUT2D eigenvalue weighted by Gasteiger charge is -2.13. The summed E-state index contributed by atoms with van der Waals surface area (Å²) < 4.78 is 9.59. The lowest BCUT2D eigenvalue weighted by Crippen LogP contribution is -1.93. The standard InChI is InChI=1S/C8H8NO3PS/c1-11-13(10,14)12-8-4-2-7(6-9)3-5-8/h2-5H,1H3,(H,10,14). The molecule has 0 aliphatic carbocycles. The third kappa shape index (κ3) is 3.09. The van der Waals surface area contributed by atoms with Crippen LogP contribution in [0.2, 0.25) is 0 Å². The Balaban J connectivity index is 2.80. The van der Waals surface area contributed by atoms with Gasteiger partial charge in [-0.1, -0.05) is 0 Å². The molecule has 0 saturated heterocycles. The summed E-state index contributed by atoms with van der Waals surface area (Å²) in [5, 5.41) is 8.53. The van der Waals surface area contributed by atoms with Gasteiger partial charge in [-0.05, 0) is 24.3 Å². The molecule has 74 valence electrons. The van der Waals surface area contributed by atoms with Crippen molar-refractivity contribution in [1.29, 1.82) is 5.26 Å². The first-order valence-electron chi connectivity index (χ1n) is 3.66. The third-order valence-corrected chi connectivity index (χ3v) is 3.01. The summed E-state index contributed by atoms with van der Waals surface area (Å²) in [7, 11) is 1.28. The molecule has 1 aromatic carbocycles. The molecule has 0 radical (unpaired) electrons. The van der Waals surface area contributed by atoms with E-state index in [1.165, 1.54) is 7.11 Å². The van der Waals surface area contributed by atoms with Crippen molar-refractivity contribution in [3.8, 4) is 11.8 Å². The van der Waals surface area contributed by atoms with E-state index < -0.39 is 6.72 Å². The SMILES string of the molecule is COP(O)(=S)Oc1ccc(C#N)cc1. The first-order valence-corrected chi connectivity index (χ1v) is 6.25. The summed E-state index contributed by atoms with van der Waals surface area (Å²) in [6, 6.07) is 8.21. The van der Waals surface area contributed by atoms with Crippen LogP contribution in [0.1, 0.15) is 5.56 Å². The minimum Gasteiger partial charge on any atom is -0.424 e. The zero-order valence-electron chi connectivity index (χ0n) is 7.38. The lowest BCUT2D eigenvalue weighted by atomic mass is 10.2. The van der Waals surface area contributed by atoms with Gasteiger partial charge in [-0.15, -0.1) is 0 Å². The second-order valence-electron chi connectivity index (χ2n) is 2.38. The summed E-state index contributed by atoms with van der Waals surface area (Å²) in [5.74, 6) is 0.386. The van der Waals surface area contributed by atoms with Gasteiger partial charge in [0.15, 0.2) is 0 Å². The molecule has 1 unspecified atom stereocenters. The molecule has 6 heteroatoms. The first kappa shape index (κ1) is 11.2. The largest absolute Gasteiger partial charge is 0.424 e. The van der Waals surface area contributed by atoms with E-state index in [-0.39, 0.29) is 0 Å². The minimum atomic E-state index is -3.17. The Kier molecular flexibility index (Phi) is 3.62. The molecule has 0 fully saturated rings. The van der Waals surface area contributed by atoms with Crippen molar-refractivity contribution < 1.29 is 13.9 Å². The van der Waals surface area contributed by atoms with Gasteiger partial charge >= 0.3 is 6.72 Å². The highest BCUT2D eigenvalue weighted by molar-refractivity contribution is 8.07. The fraction of sp³-hybridized carbons (Fsp3) is 0.125. The zero-order chi connectivity index (χ0) is 10.6. The Morgan fingerprint density at radius 2 is 2.00 bits per heavy atom. The van der Waals surface area contributed by atoms with E-state index in [1.807, 2.05) is 6.07 Å². The molecule has 14 heavy (non-hydrogen) atoms. The Labute approximate surface area is 87.0 Å². The summed E-state index contributed by atoms with van der Waals surface area (Å²) in [6.45, 7) is -3.17. The van der Waals surface area contributed by atoms with E-state index in [2.05, 4.69) is 16.3 Å². The van der Waals surface area contributed by atoms with Gasteiger partial charge in [0.05, 0.1) is 11.6 Å². The molecule has 0 bridgehead atoms. The number of nitrogens with zero attached hydrogens (tertiary/aromatic N) is 1. The predicted octanol–water partition coefficient (Wildman–Crippen LogP) is 1.80. The Morgan fingerprint density at radius 1 is 1.43 bits per heavy atom. The second-order valence-corrected chi connectivity index (χ2v) is 5.25. The van der Waals surface area contributed by atoms with E-state index >= 15 is 0 Å². The van der Waals surface area contributed by atoms with Crippen LogP contribution in [-0.2, 0) is 16.3 Å². The van der Waals surface area contributed by atoms with Gasteiger partial charge < -0.3 is 13.9 Å². The van der Waals surface area contributed by atoms with Crippen LogP contribution in [0.15, 0.2) is 24.3 Å². The highest BCUT2D eigenvalue weighted by Crippen LogP contribution is 2.42. The molecule has 1 rings (SSSR count). The normalized spacial score (nSPS) is 14.1. The molecular weight excluding hydrogens is 221 g/mol. The molecular formula is C8H8NO3PS. The Morgan fingerprint density at radius 3 is 2.43 bits per heavy atom. The first-order chi connectivity index (χ1) is 6.57. The van der Waals surface area contributed by atoms with Gasteiger partial charge in [0, 0.05) is 18.9 Å². The summed E-state index contributed by atoms with van der Waals surface area (Å²) >= 11 is 4.65. The molecule has 0 saturated carbocycles. The molecule has 0 heterocycles. The van der Waals surface area contributed by atoms with Gasteiger partial charge in [-0.3, -0.25) is 0 Å². The number of benzene rings is 1. The van der Waals surface area contributed by atoms with Crippen LogP contribution >= 0.6 is 6.72 Å². The van der Waals surface area contributed by atoms with Gasteiger partial charge in [0.2, 0.25) is 0 Å². The zero-order valence-corrected chi connectivity index (χ0v) is 9.09. The molecule has 0 amide bonds. The molecule has 0 spiro atoms. The van der Waals surface area contributed by atoms with Crippen LogP contribution in [0.4, 0.5) is 0 Å². The maximum absolute atomic E-state index is 9.32. The number of hydrogen-bond donors (Lipinski definition) is 1. The van der Waals surface area contributed by atoms with E-state index in [0.29, 0.717) is 11.3 Å². The number of hydrogen-bond acceptors (Lipinski definition) is 4. The van der Waals surface area contributed by atoms with Crippen molar-refractivity contribution in [3.05, 3.63) is 29.8 Å². The summed E-state index contributed by atoms with van der Waals surface area (Å²) in [6.07, 6.45) is 0. The third-order valence-electron chi connectivity index (χ3n) is 1.43. The van der Waals surface area contributed by atoms with Crippen molar-refractivity contribution in [2.75, 3.05) is 7.11 Å². The quantitative estimate of drug-likeness (QED) is 0.801. The van der Waals surface area contributed by atoms with E-state index in [4.69, 9.17) is 9.79 Å². The smallest absolute Gasteiger partial charge is 0.377 e. The van der Waals surface area contributed by atoms with Gasteiger partial charge in [0.25, 0.3) is 0 Å². The predicted molar refractivity (Wildman–Crippen MR) is 55.3 cm³/mol. The van der Waals surface area contributed by atoms with Gasteiger partial charge in [0.1, 0.15) is 5.75 Å². The summed E-state index contributed by atoms with van der Waals surface area (Å²) in [4.78, 5) is 9.32. The average molecular weight is 229 g/mol. The second kappa shape index (κ2) is 4.54. The molecule has 1 atom stereocenters. The monoisotopic (exact) mass is 229 g/mol. The molecule has 1 N–H and O–H groups in total. The minimum absolute atomic E-state index is 0.386. The maximum Gasteiger partial charge on any atom is 0.377 e. The van der Waals surface area contributed by atoms with Crippen LogP contribution in [0.25, 0.3) is 0 Å². The molecule has 0 aromatic heterocycles. The number of rotatable bonds is 3. The van der Waals surface area contributed by atoms with Crippen LogP contribution in [0.5, 0.6) is 5.75 Å². The van der Waals surface area contributed by atoms with Crippen LogP contribution in [0.3, 0.4) is 0 Å². The average Bonchev–Trinajstić information content (AvgIpc) is 2.19. The van der Waals surface area contributed by atoms with Crippen molar-refractivity contribution >= 4 is 18.5 Å². The molecule has 4 nitrogen and oxygen atoms in total. The van der Waals surface area contributed by atoms with Crippen LogP contribution in [-0.4, -0.2) is 12.0 Å². The lowest BCUT2D eigenvalue weighted by molar-refractivity contribution is 0.313. The fourth-order valence-corrected chi connectivity index (χ4v) is 1.48. The van der Waals surface area contributed by atoms with Crippen LogP contribution < -0.4 is 4.52 Å². The highest BCUT2D eigenvalue weighted by Gasteiger charge is 2.13. The van der Waals surface area contributed by atoms with Crippen molar-refractivity contribution in [1.82, 2.24) is 0 Å². The molecule has 0 aliphatic rings. The fourth-order valence-electron chi connectivity index (χ4n) is 0.761. The molecule has 1 aromatic rings. The van der Waals surface area contributed by atoms with Gasteiger partial charge in [-0.25, -0.2) is 0 Å². The van der Waals surface area contributed by atoms with Crippen LogP contribution in [0, 0.1) is 11.3 Å². The highest BCUT2D eigenvalue weighted by atomic mass is 32.5. The molecule has 0 aliphatic heterocycles. The van der Waals surface area contributed by atoms with Crippen molar-refractivity contribution in [2.24, 2.45) is 0 Å². The van der Waals surface area contributed by atoms with E-state index in [1.54, 1.807) is 24.3 Å².